The van der Waals surface area contributed by atoms with Crippen LogP contribution in [0.3, 0.4) is 0 Å². The lowest BCUT2D eigenvalue weighted by molar-refractivity contribution is 0.627. The standard InChI is InChI=1S/C20H18FN/c1-14(17-4-3-5-19(21)12-17)6-7-15(2)18-9-8-16-10-11-22-20(16)13-18/h3-5,8-9,11-13H,1-2,6-7,10H2. The molecule has 0 N–H and O–H groups in total. The predicted molar refractivity (Wildman–Crippen MR) is 92.0 cm³/mol. The van der Waals surface area contributed by atoms with Crippen molar-refractivity contribution in [3.8, 4) is 0 Å². The van der Waals surface area contributed by atoms with E-state index in [1.165, 1.54) is 17.7 Å². The van der Waals surface area contributed by atoms with Gasteiger partial charge < -0.3 is 0 Å². The summed E-state index contributed by atoms with van der Waals surface area (Å²) in [6, 6.07) is 12.9. The van der Waals surface area contributed by atoms with Gasteiger partial charge in [0, 0.05) is 12.6 Å². The minimum atomic E-state index is -0.228. The Labute approximate surface area is 130 Å². The summed E-state index contributed by atoms with van der Waals surface area (Å²) in [5, 5.41) is 0. The summed E-state index contributed by atoms with van der Waals surface area (Å²) in [5.41, 5.74) is 6.27. The van der Waals surface area contributed by atoms with Gasteiger partial charge in [-0.2, -0.15) is 0 Å². The second kappa shape index (κ2) is 6.10. The van der Waals surface area contributed by atoms with E-state index in [2.05, 4.69) is 36.3 Å². The Balaban J connectivity index is 1.65. The molecule has 0 bridgehead atoms. The van der Waals surface area contributed by atoms with E-state index < -0.39 is 0 Å². The quantitative estimate of drug-likeness (QED) is 0.681. The fraction of sp³-hybridized carbons (Fsp3) is 0.150. The first-order chi connectivity index (χ1) is 10.6. The van der Waals surface area contributed by atoms with Crippen molar-refractivity contribution >= 4 is 23.0 Å². The minimum absolute atomic E-state index is 0.228. The zero-order valence-corrected chi connectivity index (χ0v) is 12.5. The highest BCUT2D eigenvalue weighted by atomic mass is 19.1. The van der Waals surface area contributed by atoms with Gasteiger partial charge in [-0.1, -0.05) is 37.4 Å². The van der Waals surface area contributed by atoms with Crippen molar-refractivity contribution in [2.24, 2.45) is 4.99 Å². The number of halogens is 1. The molecule has 0 aromatic heterocycles. The van der Waals surface area contributed by atoms with Crippen LogP contribution < -0.4 is 0 Å². The number of rotatable bonds is 5. The molecule has 0 amide bonds. The highest BCUT2D eigenvalue weighted by Gasteiger charge is 2.09. The molecule has 0 spiro atoms. The first kappa shape index (κ1) is 14.5. The van der Waals surface area contributed by atoms with Crippen molar-refractivity contribution in [1.29, 1.82) is 0 Å². The van der Waals surface area contributed by atoms with E-state index in [-0.39, 0.29) is 5.82 Å². The normalized spacial score (nSPS) is 12.2. The fourth-order valence-corrected chi connectivity index (χ4v) is 2.62. The van der Waals surface area contributed by atoms with Crippen LogP contribution in [0.25, 0.3) is 11.1 Å². The fourth-order valence-electron chi connectivity index (χ4n) is 2.62. The van der Waals surface area contributed by atoms with Crippen molar-refractivity contribution in [2.75, 3.05) is 0 Å². The van der Waals surface area contributed by atoms with Gasteiger partial charge in [-0.3, -0.25) is 4.99 Å². The van der Waals surface area contributed by atoms with Gasteiger partial charge in [0.2, 0.25) is 0 Å². The molecule has 110 valence electrons. The first-order valence-corrected chi connectivity index (χ1v) is 7.41. The van der Waals surface area contributed by atoms with Gasteiger partial charge in [0.1, 0.15) is 5.82 Å². The number of nitrogens with zero attached hydrogens (tertiary/aromatic N) is 1. The van der Waals surface area contributed by atoms with Crippen LogP contribution >= 0.6 is 0 Å². The third kappa shape index (κ3) is 3.06. The van der Waals surface area contributed by atoms with E-state index in [1.54, 1.807) is 6.07 Å². The molecule has 1 aliphatic heterocycles. The van der Waals surface area contributed by atoms with E-state index in [9.17, 15) is 4.39 Å². The van der Waals surface area contributed by atoms with Gasteiger partial charge in [0.25, 0.3) is 0 Å². The maximum absolute atomic E-state index is 13.2. The number of aliphatic imine (C=N–C) groups is 1. The SMILES string of the molecule is C=C(CCC(=C)c1ccc2c(c1)N=CC2)c1cccc(F)c1. The summed E-state index contributed by atoms with van der Waals surface area (Å²) in [6.07, 6.45) is 4.42. The lowest BCUT2D eigenvalue weighted by atomic mass is 9.96. The zero-order valence-electron chi connectivity index (χ0n) is 12.5. The number of hydrogen-bond acceptors (Lipinski definition) is 1. The highest BCUT2D eigenvalue weighted by molar-refractivity contribution is 5.79. The molecule has 0 fully saturated rings. The largest absolute Gasteiger partial charge is 0.261 e. The Morgan fingerprint density at radius 1 is 1.00 bits per heavy atom. The molecule has 2 aromatic carbocycles. The number of benzene rings is 2. The first-order valence-electron chi connectivity index (χ1n) is 7.41. The second-order valence-electron chi connectivity index (χ2n) is 5.58. The molecule has 1 nitrogen and oxygen atoms in total. The molecule has 2 aromatic rings. The van der Waals surface area contributed by atoms with Crippen LogP contribution in [0.5, 0.6) is 0 Å². The smallest absolute Gasteiger partial charge is 0.123 e. The van der Waals surface area contributed by atoms with Crippen LogP contribution in [0.2, 0.25) is 0 Å². The van der Waals surface area contributed by atoms with Crippen LogP contribution in [0.15, 0.2) is 60.6 Å². The third-order valence-electron chi connectivity index (χ3n) is 4.00. The lowest BCUT2D eigenvalue weighted by Gasteiger charge is -2.10. The van der Waals surface area contributed by atoms with Gasteiger partial charge in [0.05, 0.1) is 5.69 Å². The molecule has 0 radical (unpaired) electrons. The van der Waals surface area contributed by atoms with Gasteiger partial charge in [-0.05, 0) is 58.9 Å². The molecule has 3 rings (SSSR count). The van der Waals surface area contributed by atoms with Crippen molar-refractivity contribution in [2.45, 2.75) is 19.3 Å². The summed E-state index contributed by atoms with van der Waals surface area (Å²) in [6.45, 7) is 8.22. The van der Waals surface area contributed by atoms with Crippen molar-refractivity contribution in [3.05, 3.63) is 78.1 Å². The molecule has 22 heavy (non-hydrogen) atoms. The number of fused-ring (bicyclic) bond motifs is 1. The summed E-state index contributed by atoms with van der Waals surface area (Å²) in [5.74, 6) is -0.228. The topological polar surface area (TPSA) is 12.4 Å². The van der Waals surface area contributed by atoms with Crippen LogP contribution in [0.4, 0.5) is 10.1 Å². The molecule has 0 atom stereocenters. The maximum Gasteiger partial charge on any atom is 0.123 e. The van der Waals surface area contributed by atoms with Crippen LogP contribution in [-0.2, 0) is 6.42 Å². The van der Waals surface area contributed by atoms with E-state index in [0.717, 1.165) is 47.2 Å². The summed E-state index contributed by atoms with van der Waals surface area (Å²) >= 11 is 0. The Morgan fingerprint density at radius 2 is 1.73 bits per heavy atom. The number of hydrogen-bond donors (Lipinski definition) is 0. The van der Waals surface area contributed by atoms with Crippen LogP contribution in [-0.4, -0.2) is 6.21 Å². The molecule has 0 saturated heterocycles. The summed E-state index contributed by atoms with van der Waals surface area (Å²) in [4.78, 5) is 4.37. The zero-order chi connectivity index (χ0) is 15.5. The van der Waals surface area contributed by atoms with Crippen molar-refractivity contribution in [3.63, 3.8) is 0 Å². The van der Waals surface area contributed by atoms with Gasteiger partial charge in [0.15, 0.2) is 0 Å². The predicted octanol–water partition coefficient (Wildman–Crippen LogP) is 5.59. The van der Waals surface area contributed by atoms with Crippen LogP contribution in [0.1, 0.15) is 29.5 Å². The molecule has 0 unspecified atom stereocenters. The second-order valence-corrected chi connectivity index (χ2v) is 5.58. The summed E-state index contributed by atoms with van der Waals surface area (Å²) < 4.78 is 13.2. The molecular formula is C20H18FN. The van der Waals surface area contributed by atoms with E-state index >= 15 is 0 Å². The molecular weight excluding hydrogens is 273 g/mol. The van der Waals surface area contributed by atoms with E-state index in [4.69, 9.17) is 0 Å². The lowest BCUT2D eigenvalue weighted by Crippen LogP contribution is -1.89. The summed E-state index contributed by atoms with van der Waals surface area (Å²) in [7, 11) is 0. The highest BCUT2D eigenvalue weighted by Crippen LogP contribution is 2.30. The van der Waals surface area contributed by atoms with Gasteiger partial charge in [-0.25, -0.2) is 4.39 Å². The Hall–Kier alpha value is -2.48. The Morgan fingerprint density at radius 3 is 2.45 bits per heavy atom. The molecule has 1 aliphatic rings. The minimum Gasteiger partial charge on any atom is -0.261 e. The molecule has 0 aliphatic carbocycles. The van der Waals surface area contributed by atoms with Crippen molar-refractivity contribution < 1.29 is 4.39 Å². The molecule has 0 saturated carbocycles. The molecule has 2 heteroatoms. The average molecular weight is 291 g/mol. The monoisotopic (exact) mass is 291 g/mol. The Bertz CT molecular complexity index is 771. The third-order valence-corrected chi connectivity index (χ3v) is 4.00. The van der Waals surface area contributed by atoms with Gasteiger partial charge >= 0.3 is 0 Å². The number of allylic oxidation sites excluding steroid dienone is 2. The van der Waals surface area contributed by atoms with E-state index in [0.29, 0.717) is 0 Å². The Kier molecular flexibility index (Phi) is 4.01. The van der Waals surface area contributed by atoms with E-state index in [1.807, 2.05) is 12.3 Å². The van der Waals surface area contributed by atoms with Crippen LogP contribution in [0, 0.1) is 5.82 Å². The van der Waals surface area contributed by atoms with Crippen molar-refractivity contribution in [1.82, 2.24) is 0 Å². The average Bonchev–Trinajstić information content (AvgIpc) is 2.99. The molecule has 1 heterocycles. The maximum atomic E-state index is 13.2. The van der Waals surface area contributed by atoms with Gasteiger partial charge in [-0.15, -0.1) is 0 Å².